The highest BCUT2D eigenvalue weighted by Crippen LogP contribution is 2.28. The van der Waals surface area contributed by atoms with E-state index in [2.05, 4.69) is 19.2 Å². The van der Waals surface area contributed by atoms with Gasteiger partial charge in [0.25, 0.3) is 0 Å². The predicted molar refractivity (Wildman–Crippen MR) is 54.4 cm³/mol. The van der Waals surface area contributed by atoms with Crippen molar-refractivity contribution in [2.24, 2.45) is 11.8 Å². The van der Waals surface area contributed by atoms with Gasteiger partial charge in [-0.05, 0) is 43.9 Å². The van der Waals surface area contributed by atoms with Crippen molar-refractivity contribution in [3.05, 3.63) is 0 Å². The summed E-state index contributed by atoms with van der Waals surface area (Å²) >= 11 is 0. The molecule has 2 nitrogen and oxygen atoms in total. The van der Waals surface area contributed by atoms with Crippen LogP contribution in [0.15, 0.2) is 0 Å². The molecule has 1 fully saturated rings. The third-order valence-electron chi connectivity index (χ3n) is 2.96. The Balaban J connectivity index is 2.18. The molecule has 0 aromatic heterocycles. The first-order valence-corrected chi connectivity index (χ1v) is 5.42. The van der Waals surface area contributed by atoms with Gasteiger partial charge >= 0.3 is 0 Å². The molecule has 13 heavy (non-hydrogen) atoms. The fraction of sp³-hybridized carbons (Fsp3) is 0.909. The second-order valence-electron chi connectivity index (χ2n) is 4.63. The molecule has 0 aliphatic heterocycles. The van der Waals surface area contributed by atoms with E-state index >= 15 is 0 Å². The molecule has 1 aliphatic rings. The molecule has 0 heterocycles. The van der Waals surface area contributed by atoms with Gasteiger partial charge < -0.3 is 5.32 Å². The van der Waals surface area contributed by atoms with Crippen molar-refractivity contribution in [2.75, 3.05) is 0 Å². The fourth-order valence-corrected chi connectivity index (χ4v) is 2.33. The number of carbonyl (C=O) groups excluding carboxylic acids is 1. The second-order valence-corrected chi connectivity index (χ2v) is 4.63. The van der Waals surface area contributed by atoms with E-state index in [1.807, 2.05) is 0 Å². The summed E-state index contributed by atoms with van der Waals surface area (Å²) in [6.45, 7) is 4.57. The Bertz CT molecular complexity index is 148. The van der Waals surface area contributed by atoms with Gasteiger partial charge in [-0.25, -0.2) is 0 Å². The predicted octanol–water partition coefficient (Wildman–Crippen LogP) is 2.34. The number of carbonyl (C=O) groups is 1. The lowest BCUT2D eigenvalue weighted by Crippen LogP contribution is -2.32. The maximum absolute atomic E-state index is 10.2. The minimum Gasteiger partial charge on any atom is -0.356 e. The summed E-state index contributed by atoms with van der Waals surface area (Å²) in [6, 6.07) is 0.459. The number of hydrogen-bond acceptors (Lipinski definition) is 1. The zero-order valence-corrected chi connectivity index (χ0v) is 8.75. The molecule has 0 atom stereocenters. The fourth-order valence-electron chi connectivity index (χ4n) is 2.33. The summed E-state index contributed by atoms with van der Waals surface area (Å²) in [5.41, 5.74) is 0. The molecule has 1 N–H and O–H groups in total. The van der Waals surface area contributed by atoms with E-state index in [-0.39, 0.29) is 0 Å². The standard InChI is InChI=1S/C11H21NO/c1-9(2)7-10-3-5-11(6-4-10)12-8-13/h8-11H,3-7H2,1-2H3,(H,12,13). The molecule has 1 saturated carbocycles. The van der Waals surface area contributed by atoms with Gasteiger partial charge in [0.05, 0.1) is 0 Å². The highest BCUT2D eigenvalue weighted by Gasteiger charge is 2.20. The molecule has 0 aromatic carbocycles. The highest BCUT2D eigenvalue weighted by atomic mass is 16.1. The van der Waals surface area contributed by atoms with Crippen LogP contribution >= 0.6 is 0 Å². The van der Waals surface area contributed by atoms with Gasteiger partial charge in [0, 0.05) is 6.04 Å². The molecule has 1 rings (SSSR count). The van der Waals surface area contributed by atoms with Crippen molar-refractivity contribution in [1.29, 1.82) is 0 Å². The van der Waals surface area contributed by atoms with Crippen LogP contribution in [0.4, 0.5) is 0 Å². The Labute approximate surface area is 81.1 Å². The van der Waals surface area contributed by atoms with Crippen molar-refractivity contribution in [3.8, 4) is 0 Å². The summed E-state index contributed by atoms with van der Waals surface area (Å²) in [5, 5.41) is 2.88. The third-order valence-corrected chi connectivity index (χ3v) is 2.96. The van der Waals surface area contributed by atoms with E-state index in [4.69, 9.17) is 0 Å². The van der Waals surface area contributed by atoms with Crippen molar-refractivity contribution in [2.45, 2.75) is 52.0 Å². The Hall–Kier alpha value is -0.530. The summed E-state index contributed by atoms with van der Waals surface area (Å²) in [6.07, 6.45) is 7.14. The van der Waals surface area contributed by atoms with Gasteiger partial charge in [-0.15, -0.1) is 0 Å². The lowest BCUT2D eigenvalue weighted by molar-refractivity contribution is -0.110. The van der Waals surface area contributed by atoms with Crippen LogP contribution in [-0.4, -0.2) is 12.5 Å². The van der Waals surface area contributed by atoms with Crippen LogP contribution in [-0.2, 0) is 4.79 Å². The first kappa shape index (κ1) is 10.6. The number of amides is 1. The average Bonchev–Trinajstić information content (AvgIpc) is 2.08. The molecule has 0 aromatic rings. The summed E-state index contributed by atoms with van der Waals surface area (Å²) in [7, 11) is 0. The zero-order chi connectivity index (χ0) is 9.68. The second kappa shape index (κ2) is 5.25. The number of hydrogen-bond donors (Lipinski definition) is 1. The molecule has 1 aliphatic carbocycles. The maximum atomic E-state index is 10.2. The van der Waals surface area contributed by atoms with Gasteiger partial charge in [-0.1, -0.05) is 13.8 Å². The minimum absolute atomic E-state index is 0.459. The van der Waals surface area contributed by atoms with Crippen molar-refractivity contribution in [3.63, 3.8) is 0 Å². The molecule has 0 unspecified atom stereocenters. The van der Waals surface area contributed by atoms with Crippen molar-refractivity contribution >= 4 is 6.41 Å². The van der Waals surface area contributed by atoms with Crippen LogP contribution in [0.2, 0.25) is 0 Å². The SMILES string of the molecule is CC(C)CC1CCC(NC=O)CC1. The first-order chi connectivity index (χ1) is 6.22. The summed E-state index contributed by atoms with van der Waals surface area (Å²) in [5.74, 6) is 1.73. The van der Waals surface area contributed by atoms with E-state index in [0.717, 1.165) is 18.2 Å². The lowest BCUT2D eigenvalue weighted by atomic mass is 9.81. The Kier molecular flexibility index (Phi) is 4.26. The minimum atomic E-state index is 0.459. The van der Waals surface area contributed by atoms with E-state index in [9.17, 15) is 4.79 Å². The highest BCUT2D eigenvalue weighted by molar-refractivity contribution is 5.46. The normalized spacial score (nSPS) is 28.8. The van der Waals surface area contributed by atoms with E-state index < -0.39 is 0 Å². The monoisotopic (exact) mass is 183 g/mol. The first-order valence-electron chi connectivity index (χ1n) is 5.42. The van der Waals surface area contributed by atoms with Crippen LogP contribution < -0.4 is 5.32 Å². The molecular formula is C11H21NO. The molecule has 1 amide bonds. The van der Waals surface area contributed by atoms with Gasteiger partial charge in [0.15, 0.2) is 0 Å². The largest absolute Gasteiger partial charge is 0.356 e. The molecular weight excluding hydrogens is 162 g/mol. The number of rotatable bonds is 4. The molecule has 2 heteroatoms. The quantitative estimate of drug-likeness (QED) is 0.666. The molecule has 0 saturated heterocycles. The Morgan fingerprint density at radius 2 is 1.92 bits per heavy atom. The van der Waals surface area contributed by atoms with E-state index in [1.54, 1.807) is 0 Å². The number of nitrogens with one attached hydrogen (secondary N) is 1. The van der Waals surface area contributed by atoms with Crippen molar-refractivity contribution in [1.82, 2.24) is 5.32 Å². The molecule has 76 valence electrons. The van der Waals surface area contributed by atoms with E-state index in [1.165, 1.54) is 32.1 Å². The summed E-state index contributed by atoms with van der Waals surface area (Å²) in [4.78, 5) is 10.2. The maximum Gasteiger partial charge on any atom is 0.207 e. The lowest BCUT2D eigenvalue weighted by Gasteiger charge is -2.28. The Morgan fingerprint density at radius 1 is 1.31 bits per heavy atom. The van der Waals surface area contributed by atoms with Crippen LogP contribution in [0.5, 0.6) is 0 Å². The average molecular weight is 183 g/mol. The smallest absolute Gasteiger partial charge is 0.207 e. The third kappa shape index (κ3) is 3.79. The molecule has 0 bridgehead atoms. The Morgan fingerprint density at radius 3 is 2.38 bits per heavy atom. The van der Waals surface area contributed by atoms with Gasteiger partial charge in [-0.2, -0.15) is 0 Å². The molecule has 0 spiro atoms. The van der Waals surface area contributed by atoms with Gasteiger partial charge in [-0.3, -0.25) is 4.79 Å². The van der Waals surface area contributed by atoms with Crippen LogP contribution in [0.1, 0.15) is 46.0 Å². The van der Waals surface area contributed by atoms with Crippen molar-refractivity contribution < 1.29 is 4.79 Å². The zero-order valence-electron chi connectivity index (χ0n) is 8.75. The topological polar surface area (TPSA) is 29.1 Å². The van der Waals surface area contributed by atoms with Crippen LogP contribution in [0.3, 0.4) is 0 Å². The van der Waals surface area contributed by atoms with Gasteiger partial charge in [0.1, 0.15) is 0 Å². The molecule has 0 radical (unpaired) electrons. The summed E-state index contributed by atoms with van der Waals surface area (Å²) < 4.78 is 0. The van der Waals surface area contributed by atoms with E-state index in [0.29, 0.717) is 6.04 Å². The van der Waals surface area contributed by atoms with Crippen LogP contribution in [0.25, 0.3) is 0 Å². The van der Waals surface area contributed by atoms with Crippen LogP contribution in [0, 0.1) is 11.8 Å². The van der Waals surface area contributed by atoms with Gasteiger partial charge in [0.2, 0.25) is 6.41 Å².